The summed E-state index contributed by atoms with van der Waals surface area (Å²) in [6.45, 7) is 17.7. The van der Waals surface area contributed by atoms with Crippen LogP contribution in [0.2, 0.25) is 0 Å². The molecule has 0 aromatic carbocycles. The number of nitrogens with one attached hydrogen (secondary N) is 1. The van der Waals surface area contributed by atoms with E-state index >= 15 is 0 Å². The van der Waals surface area contributed by atoms with E-state index in [2.05, 4.69) is 42.8 Å². The molecule has 2 unspecified atom stereocenters. The van der Waals surface area contributed by atoms with Gasteiger partial charge in [0, 0.05) is 37.7 Å². The largest absolute Gasteiger partial charge is 0.381 e. The Kier molecular flexibility index (Phi) is 6.84. The highest BCUT2D eigenvalue weighted by molar-refractivity contribution is 5.80. The molecular weight excluding hydrogens is 324 g/mol. The van der Waals surface area contributed by atoms with Crippen molar-refractivity contribution in [2.24, 2.45) is 22.2 Å². The van der Waals surface area contributed by atoms with Gasteiger partial charge in [-0.3, -0.25) is 9.89 Å². The van der Waals surface area contributed by atoms with Crippen LogP contribution in [-0.4, -0.2) is 74.3 Å². The summed E-state index contributed by atoms with van der Waals surface area (Å²) in [6, 6.07) is 0.558. The lowest BCUT2D eigenvalue weighted by Crippen LogP contribution is -2.47. The van der Waals surface area contributed by atoms with Crippen molar-refractivity contribution in [3.63, 3.8) is 0 Å². The van der Waals surface area contributed by atoms with Crippen molar-refractivity contribution in [1.82, 2.24) is 15.1 Å². The molecule has 0 radical (unpaired) electrons. The average molecular weight is 365 g/mol. The highest BCUT2D eigenvalue weighted by Crippen LogP contribution is 2.38. The Morgan fingerprint density at radius 2 is 2.00 bits per heavy atom. The minimum absolute atomic E-state index is 0.386. The lowest BCUT2D eigenvalue weighted by atomic mass is 9.87. The molecule has 0 saturated carbocycles. The predicted octanol–water partition coefficient (Wildman–Crippen LogP) is 2.82. The molecule has 3 saturated heterocycles. The quantitative estimate of drug-likeness (QED) is 0.601. The van der Waals surface area contributed by atoms with Gasteiger partial charge in [-0.15, -0.1) is 0 Å². The van der Waals surface area contributed by atoms with Gasteiger partial charge in [-0.2, -0.15) is 0 Å². The highest BCUT2D eigenvalue weighted by Gasteiger charge is 2.42. The highest BCUT2D eigenvalue weighted by atomic mass is 16.5. The predicted molar refractivity (Wildman–Crippen MR) is 109 cm³/mol. The van der Waals surface area contributed by atoms with Crippen molar-refractivity contribution in [2.45, 2.75) is 59.4 Å². The zero-order valence-corrected chi connectivity index (χ0v) is 17.5. The molecule has 2 atom stereocenters. The van der Waals surface area contributed by atoms with Gasteiger partial charge in [0.15, 0.2) is 5.96 Å². The van der Waals surface area contributed by atoms with Crippen molar-refractivity contribution in [2.75, 3.05) is 52.5 Å². The molecule has 3 fully saturated rings. The molecule has 3 heterocycles. The fourth-order valence-electron chi connectivity index (χ4n) is 4.80. The molecule has 5 nitrogen and oxygen atoms in total. The van der Waals surface area contributed by atoms with Gasteiger partial charge in [-0.25, -0.2) is 0 Å². The molecule has 26 heavy (non-hydrogen) atoms. The maximum atomic E-state index is 5.69. The Bertz CT molecular complexity index is 465. The zero-order chi connectivity index (χ0) is 18.6. The van der Waals surface area contributed by atoms with E-state index in [0.29, 0.717) is 17.4 Å². The number of likely N-dealkylation sites (tertiary alicyclic amines) is 2. The number of hydrogen-bond acceptors (Lipinski definition) is 3. The van der Waals surface area contributed by atoms with Crippen LogP contribution >= 0.6 is 0 Å². The molecule has 3 aliphatic heterocycles. The zero-order valence-electron chi connectivity index (χ0n) is 17.5. The fourth-order valence-corrected chi connectivity index (χ4v) is 4.80. The fraction of sp³-hybridized carbons (Fsp3) is 0.952. The minimum atomic E-state index is 0.386. The maximum absolute atomic E-state index is 5.69. The van der Waals surface area contributed by atoms with Crippen LogP contribution in [0.3, 0.4) is 0 Å². The van der Waals surface area contributed by atoms with Gasteiger partial charge in [0.05, 0.1) is 13.2 Å². The summed E-state index contributed by atoms with van der Waals surface area (Å²) in [5, 5.41) is 3.55. The van der Waals surface area contributed by atoms with Crippen LogP contribution in [0.5, 0.6) is 0 Å². The Morgan fingerprint density at radius 3 is 2.62 bits per heavy atom. The molecule has 0 aromatic rings. The number of hydrogen-bond donors (Lipinski definition) is 1. The van der Waals surface area contributed by atoms with Gasteiger partial charge in [-0.05, 0) is 57.5 Å². The summed E-state index contributed by atoms with van der Waals surface area (Å²) < 4.78 is 5.69. The van der Waals surface area contributed by atoms with Crippen LogP contribution in [-0.2, 0) is 4.74 Å². The molecule has 3 rings (SSSR count). The van der Waals surface area contributed by atoms with E-state index in [1.165, 1.54) is 38.8 Å². The van der Waals surface area contributed by atoms with Crippen LogP contribution < -0.4 is 5.32 Å². The third-order valence-corrected chi connectivity index (χ3v) is 6.74. The number of aliphatic imine (C=N–C) groups is 1. The second-order valence-electron chi connectivity index (χ2n) is 9.20. The Hall–Kier alpha value is -0.810. The number of guanidine groups is 1. The standard InChI is InChI=1S/C21H40N4O/c1-5-22-20(25-12-8-21(15-25)9-13-26-16-21)23-14-19(17(2)3)24-10-6-18(4)7-11-24/h17-19H,5-16H2,1-4H3,(H,22,23). The monoisotopic (exact) mass is 364 g/mol. The first-order valence-electron chi connectivity index (χ1n) is 10.9. The molecule has 1 spiro atoms. The van der Waals surface area contributed by atoms with Crippen LogP contribution in [0.15, 0.2) is 4.99 Å². The molecule has 3 aliphatic rings. The maximum Gasteiger partial charge on any atom is 0.193 e. The van der Waals surface area contributed by atoms with E-state index in [0.717, 1.165) is 51.3 Å². The van der Waals surface area contributed by atoms with Crippen molar-refractivity contribution in [3.8, 4) is 0 Å². The van der Waals surface area contributed by atoms with E-state index in [1.54, 1.807) is 0 Å². The summed E-state index contributed by atoms with van der Waals surface area (Å²) >= 11 is 0. The summed E-state index contributed by atoms with van der Waals surface area (Å²) in [4.78, 5) is 10.3. The van der Waals surface area contributed by atoms with Gasteiger partial charge >= 0.3 is 0 Å². The van der Waals surface area contributed by atoms with Crippen LogP contribution in [0.25, 0.3) is 0 Å². The van der Waals surface area contributed by atoms with E-state index in [-0.39, 0.29) is 0 Å². The first kappa shape index (κ1) is 19.9. The third-order valence-electron chi connectivity index (χ3n) is 6.74. The van der Waals surface area contributed by atoms with E-state index in [1.807, 2.05) is 0 Å². The van der Waals surface area contributed by atoms with Crippen molar-refractivity contribution >= 4 is 5.96 Å². The Morgan fingerprint density at radius 1 is 1.23 bits per heavy atom. The Balaban J connectivity index is 1.63. The summed E-state index contributed by atoms with van der Waals surface area (Å²) in [5.74, 6) is 2.64. The molecule has 0 aromatic heterocycles. The Labute approximate surface area is 160 Å². The van der Waals surface area contributed by atoms with Crippen LogP contribution in [0, 0.1) is 17.3 Å². The van der Waals surface area contributed by atoms with Gasteiger partial charge < -0.3 is 15.0 Å². The van der Waals surface area contributed by atoms with Crippen molar-refractivity contribution in [1.29, 1.82) is 0 Å². The second-order valence-corrected chi connectivity index (χ2v) is 9.20. The first-order chi connectivity index (χ1) is 12.5. The third kappa shape index (κ3) is 4.72. The minimum Gasteiger partial charge on any atom is -0.381 e. The van der Waals surface area contributed by atoms with Crippen molar-refractivity contribution in [3.05, 3.63) is 0 Å². The van der Waals surface area contributed by atoms with Gasteiger partial charge in [0.25, 0.3) is 0 Å². The smallest absolute Gasteiger partial charge is 0.193 e. The van der Waals surface area contributed by atoms with Crippen LogP contribution in [0.1, 0.15) is 53.4 Å². The first-order valence-corrected chi connectivity index (χ1v) is 10.9. The number of nitrogens with zero attached hydrogens (tertiary/aromatic N) is 3. The van der Waals surface area contributed by atoms with Gasteiger partial charge in [0.1, 0.15) is 0 Å². The average Bonchev–Trinajstić information content (AvgIpc) is 3.25. The number of rotatable bonds is 5. The number of piperidine rings is 1. The van der Waals surface area contributed by atoms with E-state index < -0.39 is 0 Å². The molecule has 0 amide bonds. The molecule has 5 heteroatoms. The van der Waals surface area contributed by atoms with Gasteiger partial charge in [-0.1, -0.05) is 20.8 Å². The molecule has 150 valence electrons. The molecule has 1 N–H and O–H groups in total. The summed E-state index contributed by atoms with van der Waals surface area (Å²) in [7, 11) is 0. The van der Waals surface area contributed by atoms with Crippen molar-refractivity contribution < 1.29 is 4.74 Å². The van der Waals surface area contributed by atoms with Crippen LogP contribution in [0.4, 0.5) is 0 Å². The molecular formula is C21H40N4O. The lowest BCUT2D eigenvalue weighted by Gasteiger charge is -2.38. The number of ether oxygens (including phenoxy) is 1. The molecule has 0 bridgehead atoms. The molecule has 0 aliphatic carbocycles. The SMILES string of the molecule is CCNC(=NCC(C(C)C)N1CCC(C)CC1)N1CCC2(CCOC2)C1. The normalized spacial score (nSPS) is 29.9. The summed E-state index contributed by atoms with van der Waals surface area (Å²) in [5.41, 5.74) is 0.386. The van der Waals surface area contributed by atoms with Gasteiger partial charge in [0.2, 0.25) is 0 Å². The summed E-state index contributed by atoms with van der Waals surface area (Å²) in [6.07, 6.45) is 5.13. The lowest BCUT2D eigenvalue weighted by molar-refractivity contribution is 0.113. The second kappa shape index (κ2) is 8.92. The van der Waals surface area contributed by atoms with E-state index in [9.17, 15) is 0 Å². The van der Waals surface area contributed by atoms with E-state index in [4.69, 9.17) is 9.73 Å². The topological polar surface area (TPSA) is 40.1 Å².